The Morgan fingerprint density at radius 1 is 1.19 bits per heavy atom. The second-order valence-electron chi connectivity index (χ2n) is 6.55. The Kier molecular flexibility index (Phi) is 4.33. The molecule has 0 spiro atoms. The minimum Gasteiger partial charge on any atom is -0.481 e. The summed E-state index contributed by atoms with van der Waals surface area (Å²) in [5.41, 5.74) is 0. The van der Waals surface area contributed by atoms with Crippen LogP contribution >= 0.6 is 0 Å². The summed E-state index contributed by atoms with van der Waals surface area (Å²) < 4.78 is 5.51. The minimum atomic E-state index is -0.771. The molecule has 3 aliphatic rings. The number of carboxylic acids is 1. The molecule has 1 aliphatic heterocycles. The molecule has 0 aromatic heterocycles. The van der Waals surface area contributed by atoms with Crippen molar-refractivity contribution < 1.29 is 19.4 Å². The maximum absolute atomic E-state index is 12.0. The van der Waals surface area contributed by atoms with Gasteiger partial charge in [0.25, 0.3) is 0 Å². The van der Waals surface area contributed by atoms with Crippen molar-refractivity contribution >= 4 is 12.0 Å². The molecule has 0 aromatic carbocycles. The standard InChI is InChI=1S/C15H24N2O4/c18-14(19)12-9-3-4-10(8-9)13(12)17-15(20)16-6-5-11-2-1-7-21-11/h9-13H,1-8H2,(H,18,19)(H2,16,17,20). The molecular formula is C15H24N2O4. The molecule has 21 heavy (non-hydrogen) atoms. The van der Waals surface area contributed by atoms with Crippen molar-refractivity contribution in [2.45, 2.75) is 50.7 Å². The monoisotopic (exact) mass is 296 g/mol. The van der Waals surface area contributed by atoms with E-state index in [0.29, 0.717) is 12.5 Å². The van der Waals surface area contributed by atoms with E-state index in [9.17, 15) is 14.7 Å². The molecule has 0 radical (unpaired) electrons. The minimum absolute atomic E-state index is 0.205. The van der Waals surface area contributed by atoms with Gasteiger partial charge in [0.1, 0.15) is 0 Å². The highest BCUT2D eigenvalue weighted by molar-refractivity contribution is 5.77. The first-order chi connectivity index (χ1) is 10.1. The fourth-order valence-corrected chi connectivity index (χ4v) is 4.28. The smallest absolute Gasteiger partial charge is 0.315 e. The number of amides is 2. The van der Waals surface area contributed by atoms with Crippen molar-refractivity contribution in [1.29, 1.82) is 0 Å². The largest absolute Gasteiger partial charge is 0.481 e. The summed E-state index contributed by atoms with van der Waals surface area (Å²) >= 11 is 0. The van der Waals surface area contributed by atoms with E-state index < -0.39 is 11.9 Å². The van der Waals surface area contributed by atoms with Crippen LogP contribution in [0.3, 0.4) is 0 Å². The Hall–Kier alpha value is -1.30. The van der Waals surface area contributed by atoms with Gasteiger partial charge in [-0.2, -0.15) is 0 Å². The molecule has 5 atom stereocenters. The molecule has 1 heterocycles. The first kappa shape index (κ1) is 14.6. The number of fused-ring (bicyclic) bond motifs is 2. The van der Waals surface area contributed by atoms with Gasteiger partial charge < -0.3 is 20.5 Å². The normalized spacial score (nSPS) is 37.6. The molecular weight excluding hydrogens is 272 g/mol. The maximum Gasteiger partial charge on any atom is 0.315 e. The zero-order valence-electron chi connectivity index (χ0n) is 12.2. The highest BCUT2D eigenvalue weighted by atomic mass is 16.5. The van der Waals surface area contributed by atoms with Crippen LogP contribution in [-0.4, -0.2) is 42.4 Å². The molecule has 2 aliphatic carbocycles. The van der Waals surface area contributed by atoms with Crippen molar-refractivity contribution in [2.75, 3.05) is 13.2 Å². The number of carbonyl (C=O) groups excluding carboxylic acids is 1. The summed E-state index contributed by atoms with van der Waals surface area (Å²) in [6, 6.07) is -0.444. The van der Waals surface area contributed by atoms with Gasteiger partial charge in [0, 0.05) is 19.2 Å². The predicted molar refractivity (Wildman–Crippen MR) is 75.9 cm³/mol. The number of ether oxygens (including phenoxy) is 1. The van der Waals surface area contributed by atoms with Crippen LogP contribution in [0, 0.1) is 17.8 Å². The van der Waals surface area contributed by atoms with Crippen LogP contribution in [-0.2, 0) is 9.53 Å². The van der Waals surface area contributed by atoms with Crippen LogP contribution in [0.5, 0.6) is 0 Å². The summed E-state index contributed by atoms with van der Waals surface area (Å²) in [5.74, 6) is -0.607. The van der Waals surface area contributed by atoms with E-state index in [1.807, 2.05) is 0 Å². The third-order valence-corrected chi connectivity index (χ3v) is 5.28. The van der Waals surface area contributed by atoms with E-state index in [4.69, 9.17) is 4.74 Å². The highest BCUT2D eigenvalue weighted by Gasteiger charge is 2.51. The molecule has 118 valence electrons. The molecule has 5 unspecified atom stereocenters. The molecule has 2 amide bonds. The Labute approximate surface area is 124 Å². The lowest BCUT2D eigenvalue weighted by Gasteiger charge is -2.28. The Bertz CT molecular complexity index is 408. The van der Waals surface area contributed by atoms with Crippen LogP contribution in [0.15, 0.2) is 0 Å². The molecule has 6 heteroatoms. The number of rotatable bonds is 5. The number of aliphatic carboxylic acids is 1. The van der Waals surface area contributed by atoms with Gasteiger partial charge >= 0.3 is 12.0 Å². The highest BCUT2D eigenvalue weighted by Crippen LogP contribution is 2.48. The average molecular weight is 296 g/mol. The summed E-state index contributed by atoms with van der Waals surface area (Å²) in [6.45, 7) is 1.40. The van der Waals surface area contributed by atoms with E-state index in [2.05, 4.69) is 10.6 Å². The van der Waals surface area contributed by atoms with Crippen LogP contribution in [0.25, 0.3) is 0 Å². The number of hydrogen-bond acceptors (Lipinski definition) is 3. The van der Waals surface area contributed by atoms with E-state index in [-0.39, 0.29) is 24.1 Å². The van der Waals surface area contributed by atoms with Gasteiger partial charge in [0.15, 0.2) is 0 Å². The summed E-state index contributed by atoms with van der Waals surface area (Å²) in [7, 11) is 0. The first-order valence-electron chi connectivity index (χ1n) is 8.04. The van der Waals surface area contributed by atoms with Crippen molar-refractivity contribution in [3.63, 3.8) is 0 Å². The number of carboxylic acid groups (broad SMARTS) is 1. The molecule has 2 saturated carbocycles. The Balaban J connectivity index is 1.44. The maximum atomic E-state index is 12.0. The SMILES string of the molecule is O=C(NCCC1CCCO1)NC1C2CCC(C2)C1C(=O)O. The predicted octanol–water partition coefficient (Wildman–Crippen LogP) is 1.35. The third-order valence-electron chi connectivity index (χ3n) is 5.28. The quantitative estimate of drug-likeness (QED) is 0.714. The van der Waals surface area contributed by atoms with Gasteiger partial charge in [0.2, 0.25) is 0 Å². The van der Waals surface area contributed by atoms with Crippen molar-refractivity contribution in [2.24, 2.45) is 17.8 Å². The zero-order valence-corrected chi connectivity index (χ0v) is 12.2. The number of carbonyl (C=O) groups is 2. The molecule has 6 nitrogen and oxygen atoms in total. The van der Waals surface area contributed by atoms with Gasteiger partial charge in [-0.1, -0.05) is 0 Å². The molecule has 3 rings (SSSR count). The van der Waals surface area contributed by atoms with Crippen LogP contribution in [0.1, 0.15) is 38.5 Å². The lowest BCUT2D eigenvalue weighted by atomic mass is 9.84. The average Bonchev–Trinajstić information content (AvgIpc) is 3.14. The summed E-state index contributed by atoms with van der Waals surface area (Å²) in [4.78, 5) is 23.3. The van der Waals surface area contributed by atoms with E-state index in [1.165, 1.54) is 0 Å². The zero-order chi connectivity index (χ0) is 14.8. The van der Waals surface area contributed by atoms with Crippen LogP contribution in [0.4, 0.5) is 4.79 Å². The van der Waals surface area contributed by atoms with E-state index in [0.717, 1.165) is 45.1 Å². The summed E-state index contributed by atoms with van der Waals surface area (Å²) in [6.07, 6.45) is 6.22. The lowest BCUT2D eigenvalue weighted by molar-refractivity contribution is -0.144. The molecule has 3 fully saturated rings. The Morgan fingerprint density at radius 2 is 2.00 bits per heavy atom. The van der Waals surface area contributed by atoms with Crippen LogP contribution < -0.4 is 10.6 Å². The van der Waals surface area contributed by atoms with Crippen molar-refractivity contribution in [3.05, 3.63) is 0 Å². The van der Waals surface area contributed by atoms with Crippen molar-refractivity contribution in [3.8, 4) is 0 Å². The van der Waals surface area contributed by atoms with Crippen LogP contribution in [0.2, 0.25) is 0 Å². The van der Waals surface area contributed by atoms with Gasteiger partial charge in [-0.05, 0) is 50.4 Å². The second kappa shape index (κ2) is 6.22. The Morgan fingerprint density at radius 3 is 2.71 bits per heavy atom. The van der Waals surface area contributed by atoms with Gasteiger partial charge in [-0.25, -0.2) is 4.79 Å². The number of nitrogens with one attached hydrogen (secondary N) is 2. The second-order valence-corrected chi connectivity index (χ2v) is 6.55. The third kappa shape index (κ3) is 3.15. The van der Waals surface area contributed by atoms with Gasteiger partial charge in [-0.3, -0.25) is 4.79 Å². The topological polar surface area (TPSA) is 87.7 Å². The van der Waals surface area contributed by atoms with E-state index in [1.54, 1.807) is 0 Å². The van der Waals surface area contributed by atoms with Gasteiger partial charge in [0.05, 0.1) is 12.0 Å². The van der Waals surface area contributed by atoms with Crippen molar-refractivity contribution in [1.82, 2.24) is 10.6 Å². The van der Waals surface area contributed by atoms with E-state index >= 15 is 0 Å². The molecule has 2 bridgehead atoms. The lowest BCUT2D eigenvalue weighted by Crippen LogP contribution is -2.50. The number of urea groups is 1. The molecule has 0 aromatic rings. The fraction of sp³-hybridized carbons (Fsp3) is 0.867. The molecule has 3 N–H and O–H groups in total. The van der Waals surface area contributed by atoms with Gasteiger partial charge in [-0.15, -0.1) is 0 Å². The molecule has 1 saturated heterocycles. The summed E-state index contributed by atoms with van der Waals surface area (Å²) in [5, 5.41) is 15.1. The first-order valence-corrected chi connectivity index (χ1v) is 8.04. The number of hydrogen-bond donors (Lipinski definition) is 3. The fourth-order valence-electron chi connectivity index (χ4n) is 4.28.